The van der Waals surface area contributed by atoms with Crippen molar-refractivity contribution in [2.45, 2.75) is 20.3 Å². The lowest BCUT2D eigenvalue weighted by atomic mass is 9.92. The van der Waals surface area contributed by atoms with Gasteiger partial charge in [0.15, 0.2) is 0 Å². The fourth-order valence-electron chi connectivity index (χ4n) is 3.91. The van der Waals surface area contributed by atoms with Crippen molar-refractivity contribution in [1.82, 2.24) is 9.97 Å². The van der Waals surface area contributed by atoms with Crippen LogP contribution in [0.4, 0.5) is 23.3 Å². The minimum atomic E-state index is -0.452. The van der Waals surface area contributed by atoms with Gasteiger partial charge in [-0.1, -0.05) is 13.8 Å². The molecule has 3 heterocycles. The fraction of sp³-hybridized carbons (Fsp3) is 0.750. The van der Waals surface area contributed by atoms with Crippen LogP contribution in [0, 0.1) is 22.0 Å². The van der Waals surface area contributed by atoms with Crippen molar-refractivity contribution >= 4 is 23.3 Å². The molecule has 3 N–H and O–H groups in total. The van der Waals surface area contributed by atoms with Crippen molar-refractivity contribution in [2.75, 3.05) is 61.8 Å². The molecule has 9 nitrogen and oxygen atoms in total. The van der Waals surface area contributed by atoms with Crippen LogP contribution in [0.15, 0.2) is 0 Å². The van der Waals surface area contributed by atoms with Gasteiger partial charge in [-0.25, -0.2) is 0 Å². The van der Waals surface area contributed by atoms with Crippen molar-refractivity contribution in [3.05, 3.63) is 10.1 Å². The molecule has 2 fully saturated rings. The summed E-state index contributed by atoms with van der Waals surface area (Å²) >= 11 is 0. The number of hydrogen-bond acceptors (Lipinski definition) is 7. The van der Waals surface area contributed by atoms with Crippen molar-refractivity contribution in [3.8, 4) is 0 Å². The van der Waals surface area contributed by atoms with E-state index in [4.69, 9.17) is 5.73 Å². The van der Waals surface area contributed by atoms with Gasteiger partial charge in [0.1, 0.15) is 0 Å². The van der Waals surface area contributed by atoms with E-state index in [1.165, 1.54) is 4.90 Å². The molecule has 1 aromatic rings. The third-order valence-corrected chi connectivity index (χ3v) is 5.13. The minimum Gasteiger partial charge on any atom is -0.378 e. The Kier molecular flexibility index (Phi) is 4.94. The predicted octanol–water partition coefficient (Wildman–Crippen LogP) is -0.216. The maximum absolute atomic E-state index is 11.6. The van der Waals surface area contributed by atoms with Crippen LogP contribution < -0.4 is 20.4 Å². The van der Waals surface area contributed by atoms with Gasteiger partial charge in [-0.3, -0.25) is 10.1 Å². The summed E-state index contributed by atoms with van der Waals surface area (Å²) in [6.07, 6.45) is 1.12. The summed E-state index contributed by atoms with van der Waals surface area (Å²) < 4.78 is 0. The Morgan fingerprint density at radius 1 is 1.16 bits per heavy atom. The number of aromatic nitrogens is 2. The van der Waals surface area contributed by atoms with Crippen LogP contribution in [0.3, 0.4) is 0 Å². The molecule has 2 aliphatic rings. The molecular weight excluding hydrogens is 322 g/mol. The number of nitrogen functional groups attached to an aromatic ring is 1. The maximum Gasteiger partial charge on any atom is 0.353 e. The molecule has 2 aliphatic heterocycles. The van der Waals surface area contributed by atoms with E-state index in [-0.39, 0.29) is 11.5 Å². The first kappa shape index (κ1) is 17.7. The highest BCUT2D eigenvalue weighted by atomic mass is 16.6. The summed E-state index contributed by atoms with van der Waals surface area (Å²) in [7, 11) is 2.16. The second kappa shape index (κ2) is 6.99. The molecule has 0 aromatic carbocycles. The Hall–Kier alpha value is -2.16. The van der Waals surface area contributed by atoms with Gasteiger partial charge in [-0.15, -0.1) is 0 Å². The Morgan fingerprint density at radius 3 is 2.32 bits per heavy atom. The highest BCUT2D eigenvalue weighted by Crippen LogP contribution is 2.36. The minimum absolute atomic E-state index is 0.0397. The summed E-state index contributed by atoms with van der Waals surface area (Å²) in [6.45, 7) is 9.50. The second-order valence-corrected chi connectivity index (χ2v) is 7.63. The number of nitrogens with one attached hydrogen (secondary N) is 1. The van der Waals surface area contributed by atoms with Crippen LogP contribution in [0.25, 0.3) is 0 Å². The average molecular weight is 350 g/mol. The Balaban J connectivity index is 1.97. The number of piperidine rings is 1. The summed E-state index contributed by atoms with van der Waals surface area (Å²) in [4.78, 5) is 25.5. The van der Waals surface area contributed by atoms with Crippen LogP contribution in [0.2, 0.25) is 0 Å². The third kappa shape index (κ3) is 3.76. The van der Waals surface area contributed by atoms with Gasteiger partial charge in [-0.2, -0.15) is 9.97 Å². The summed E-state index contributed by atoms with van der Waals surface area (Å²) in [6, 6.07) is 0. The van der Waals surface area contributed by atoms with Gasteiger partial charge >= 0.3 is 5.69 Å². The molecule has 0 radical (unpaired) electrons. The zero-order valence-electron chi connectivity index (χ0n) is 15.2. The molecule has 9 heteroatoms. The van der Waals surface area contributed by atoms with Gasteiger partial charge < -0.3 is 20.4 Å². The molecule has 0 saturated carbocycles. The number of nitro groups is 1. The molecule has 0 aliphatic carbocycles. The molecular formula is C16H28N7O2+. The van der Waals surface area contributed by atoms with Crippen LogP contribution in [0.1, 0.15) is 20.3 Å². The zero-order chi connectivity index (χ0) is 18.1. The smallest absolute Gasteiger partial charge is 0.353 e. The van der Waals surface area contributed by atoms with Gasteiger partial charge in [0.05, 0.1) is 38.2 Å². The molecule has 25 heavy (non-hydrogen) atoms. The average Bonchev–Trinajstić information content (AvgIpc) is 2.53. The van der Waals surface area contributed by atoms with Gasteiger partial charge in [0.25, 0.3) is 0 Å². The number of nitrogens with two attached hydrogens (primary N) is 1. The molecule has 3 rings (SSSR count). The van der Waals surface area contributed by atoms with Gasteiger partial charge in [-0.05, 0) is 18.3 Å². The Bertz CT molecular complexity index is 636. The normalized spacial score (nSPS) is 25.2. The standard InChI is InChI=1S/C16H27N7O2/c1-11-8-12(2)10-22(9-11)15-13(23(24)25)14(17)18-16(19-15)21-6-4-20(3)5-7-21/h11-12H,4-10H2,1-3H3,(H2,17,18,19)/p+1/t11-,12-/m0/s1. The number of rotatable bonds is 3. The number of likely N-dealkylation sites (N-methyl/N-ethyl adjacent to an activating group) is 1. The highest BCUT2D eigenvalue weighted by Gasteiger charge is 2.33. The van der Waals surface area contributed by atoms with E-state index in [9.17, 15) is 10.1 Å². The summed E-state index contributed by atoms with van der Waals surface area (Å²) in [5.41, 5.74) is 5.82. The number of piperazine rings is 1. The topological polar surface area (TPSA) is 106 Å². The lowest BCUT2D eigenvalue weighted by Gasteiger charge is -2.36. The largest absolute Gasteiger partial charge is 0.378 e. The molecule has 0 amide bonds. The van der Waals surface area contributed by atoms with Crippen LogP contribution in [0.5, 0.6) is 0 Å². The fourth-order valence-corrected chi connectivity index (χ4v) is 3.91. The highest BCUT2D eigenvalue weighted by molar-refractivity contribution is 5.71. The second-order valence-electron chi connectivity index (χ2n) is 7.63. The van der Waals surface area contributed by atoms with Crippen LogP contribution in [-0.2, 0) is 0 Å². The van der Waals surface area contributed by atoms with E-state index in [0.29, 0.717) is 23.6 Å². The van der Waals surface area contributed by atoms with Crippen molar-refractivity contribution < 1.29 is 9.82 Å². The Morgan fingerprint density at radius 2 is 1.76 bits per heavy atom. The predicted molar refractivity (Wildman–Crippen MR) is 97.1 cm³/mol. The SMILES string of the molecule is C[C@H]1C[C@H](C)CN(c2nc(N3CC[NH+](C)CC3)nc(N)c2[N+](=O)[O-])C1. The van der Waals surface area contributed by atoms with Crippen LogP contribution >= 0.6 is 0 Å². The van der Waals surface area contributed by atoms with E-state index in [2.05, 4.69) is 35.8 Å². The van der Waals surface area contributed by atoms with Crippen LogP contribution in [-0.4, -0.2) is 61.2 Å². The first-order valence-electron chi connectivity index (χ1n) is 8.98. The molecule has 2 atom stereocenters. The molecule has 0 bridgehead atoms. The number of anilines is 3. The van der Waals surface area contributed by atoms with Gasteiger partial charge in [0, 0.05) is 13.1 Å². The van der Waals surface area contributed by atoms with Crippen molar-refractivity contribution in [1.29, 1.82) is 0 Å². The number of nitrogens with zero attached hydrogens (tertiary/aromatic N) is 5. The lowest BCUT2D eigenvalue weighted by molar-refractivity contribution is -0.880. The molecule has 1 aromatic heterocycles. The van der Waals surface area contributed by atoms with E-state index >= 15 is 0 Å². The maximum atomic E-state index is 11.6. The summed E-state index contributed by atoms with van der Waals surface area (Å²) in [5, 5.41) is 11.6. The van der Waals surface area contributed by atoms with E-state index in [1.54, 1.807) is 0 Å². The lowest BCUT2D eigenvalue weighted by Crippen LogP contribution is -3.12. The van der Waals surface area contributed by atoms with Gasteiger partial charge in [0.2, 0.25) is 17.6 Å². The quantitative estimate of drug-likeness (QED) is 0.573. The zero-order valence-corrected chi connectivity index (χ0v) is 15.2. The first-order chi connectivity index (χ1) is 11.8. The molecule has 0 spiro atoms. The van der Waals surface area contributed by atoms with Crippen molar-refractivity contribution in [2.24, 2.45) is 11.8 Å². The van der Waals surface area contributed by atoms with Crippen molar-refractivity contribution in [3.63, 3.8) is 0 Å². The molecule has 2 saturated heterocycles. The van der Waals surface area contributed by atoms with E-state index in [0.717, 1.165) is 45.7 Å². The Labute approximate surface area is 148 Å². The molecule has 0 unspecified atom stereocenters. The summed E-state index contributed by atoms with van der Waals surface area (Å²) in [5.74, 6) is 1.78. The molecule has 138 valence electrons. The monoisotopic (exact) mass is 350 g/mol. The number of quaternary nitrogens is 1. The van der Waals surface area contributed by atoms with E-state index < -0.39 is 4.92 Å². The first-order valence-corrected chi connectivity index (χ1v) is 8.98. The number of hydrogen-bond donors (Lipinski definition) is 2. The third-order valence-electron chi connectivity index (χ3n) is 5.13. The van der Waals surface area contributed by atoms with E-state index in [1.807, 2.05) is 4.90 Å².